The lowest BCUT2D eigenvalue weighted by Gasteiger charge is -2.48. The van der Waals surface area contributed by atoms with E-state index in [0.29, 0.717) is 38.5 Å². The predicted molar refractivity (Wildman–Crippen MR) is 137 cm³/mol. The van der Waals surface area contributed by atoms with E-state index in [4.69, 9.17) is 5.73 Å². The van der Waals surface area contributed by atoms with E-state index in [2.05, 4.69) is 31.2 Å². The summed E-state index contributed by atoms with van der Waals surface area (Å²) < 4.78 is 29.1. The maximum atomic E-state index is 15.3. The molecule has 6 saturated heterocycles. The van der Waals surface area contributed by atoms with Gasteiger partial charge in [0.25, 0.3) is 0 Å². The summed E-state index contributed by atoms with van der Waals surface area (Å²) in [6.07, 6.45) is 0.726. The van der Waals surface area contributed by atoms with E-state index in [1.54, 1.807) is 5.01 Å². The van der Waals surface area contributed by atoms with Crippen molar-refractivity contribution in [3.8, 4) is 0 Å². The Balaban J connectivity index is 1.03. The Labute approximate surface area is 223 Å². The molecule has 0 spiro atoms. The average molecular weight is 540 g/mol. The predicted octanol–water partition coefficient (Wildman–Crippen LogP) is -2.21. The maximum absolute atomic E-state index is 15.3. The third-order valence-electron chi connectivity index (χ3n) is 9.57. The first-order chi connectivity index (χ1) is 18.4. The summed E-state index contributed by atoms with van der Waals surface area (Å²) in [5.74, 6) is -0.644. The number of halogens is 2. The summed E-state index contributed by atoms with van der Waals surface area (Å²) >= 11 is 0. The van der Waals surface area contributed by atoms with Crippen LogP contribution in [-0.2, 0) is 9.59 Å². The molecule has 6 heterocycles. The molecule has 7 atom stereocenters. The van der Waals surface area contributed by atoms with Crippen LogP contribution in [0, 0.1) is 11.8 Å². The number of amides is 2. The minimum absolute atomic E-state index is 0.0103. The average Bonchev–Trinajstić information content (AvgIpc) is 3.50. The Morgan fingerprint density at radius 1 is 0.921 bits per heavy atom. The number of nitrogens with two attached hydrogens (primary N) is 1. The van der Waals surface area contributed by atoms with Gasteiger partial charge in [0, 0.05) is 51.2 Å². The number of carbonyl (C=O) groups is 2. The summed E-state index contributed by atoms with van der Waals surface area (Å²) in [5, 5.41) is 10.9. The Hall–Kier alpha value is -1.48. The Morgan fingerprint density at radius 2 is 1.66 bits per heavy atom. The molecular weight excluding hydrogens is 496 g/mol. The van der Waals surface area contributed by atoms with Gasteiger partial charge in [0.15, 0.2) is 0 Å². The van der Waals surface area contributed by atoms with E-state index < -0.39 is 42.7 Å². The molecule has 13 heteroatoms. The number of likely N-dealkylation sites (tertiary alicyclic amines) is 3. The van der Waals surface area contributed by atoms with Crippen molar-refractivity contribution >= 4 is 11.8 Å². The molecule has 6 N–H and O–H groups in total. The molecule has 0 aromatic heterocycles. The topological polar surface area (TPSA) is 121 Å². The van der Waals surface area contributed by atoms with Crippen molar-refractivity contribution in [1.29, 1.82) is 0 Å². The first-order valence-corrected chi connectivity index (χ1v) is 14.5. The van der Waals surface area contributed by atoms with Gasteiger partial charge >= 0.3 is 0 Å². The highest BCUT2D eigenvalue weighted by Gasteiger charge is 2.49. The standard InChI is InChI=1S/C25H43F2N9O2/c26-16-9-30-23-20(22(28)32-36(23)12-16)24(37)31-19-11-29-10-18(27)21(19)34-7-3-15(4-8-34)25(38)35-13-17(14-35)33-5-1-2-6-33/h15-23,29-30,32H,1-14,28H2,(H,31,37). The number of hydrogen-bond donors (Lipinski definition) is 5. The molecule has 11 nitrogen and oxygen atoms in total. The number of nitrogens with zero attached hydrogens (tertiary/aromatic N) is 4. The molecule has 38 heavy (non-hydrogen) atoms. The van der Waals surface area contributed by atoms with Crippen LogP contribution in [0.15, 0.2) is 0 Å². The second-order valence-electron chi connectivity index (χ2n) is 12.0. The summed E-state index contributed by atoms with van der Waals surface area (Å²) in [5.41, 5.74) is 9.21. The highest BCUT2D eigenvalue weighted by atomic mass is 19.1. The van der Waals surface area contributed by atoms with Crippen LogP contribution in [0.4, 0.5) is 8.78 Å². The quantitative estimate of drug-likeness (QED) is 0.265. The van der Waals surface area contributed by atoms with Gasteiger partial charge in [0.05, 0.1) is 30.3 Å². The van der Waals surface area contributed by atoms with Crippen molar-refractivity contribution < 1.29 is 18.4 Å². The molecule has 0 saturated carbocycles. The molecule has 6 rings (SSSR count). The smallest absolute Gasteiger partial charge is 0.229 e. The van der Waals surface area contributed by atoms with Crippen LogP contribution in [0.1, 0.15) is 25.7 Å². The zero-order valence-corrected chi connectivity index (χ0v) is 22.0. The van der Waals surface area contributed by atoms with Crippen LogP contribution >= 0.6 is 0 Å². The molecule has 0 radical (unpaired) electrons. The minimum atomic E-state index is -1.13. The molecule has 0 aliphatic carbocycles. The molecule has 2 amide bonds. The third-order valence-corrected chi connectivity index (χ3v) is 9.57. The van der Waals surface area contributed by atoms with Gasteiger partial charge in [-0.2, -0.15) is 0 Å². The van der Waals surface area contributed by atoms with Crippen molar-refractivity contribution in [3.63, 3.8) is 0 Å². The van der Waals surface area contributed by atoms with Crippen LogP contribution in [0.2, 0.25) is 0 Å². The Morgan fingerprint density at radius 3 is 2.39 bits per heavy atom. The third kappa shape index (κ3) is 5.18. The maximum Gasteiger partial charge on any atom is 0.229 e. The zero-order chi connectivity index (χ0) is 26.4. The Bertz CT molecular complexity index is 866. The van der Waals surface area contributed by atoms with Crippen LogP contribution in [0.3, 0.4) is 0 Å². The molecule has 6 aliphatic heterocycles. The van der Waals surface area contributed by atoms with Gasteiger partial charge in [0.2, 0.25) is 11.8 Å². The molecule has 6 aliphatic rings. The fourth-order valence-corrected chi connectivity index (χ4v) is 7.42. The van der Waals surface area contributed by atoms with Gasteiger partial charge in [-0.15, -0.1) is 0 Å². The van der Waals surface area contributed by atoms with E-state index in [9.17, 15) is 14.0 Å². The van der Waals surface area contributed by atoms with E-state index in [-0.39, 0.29) is 37.4 Å². The highest BCUT2D eigenvalue weighted by Crippen LogP contribution is 2.29. The van der Waals surface area contributed by atoms with E-state index >= 15 is 4.39 Å². The van der Waals surface area contributed by atoms with Crippen molar-refractivity contribution in [2.24, 2.45) is 17.6 Å². The molecule has 6 fully saturated rings. The number of alkyl halides is 2. The van der Waals surface area contributed by atoms with E-state index in [0.717, 1.165) is 26.2 Å². The second kappa shape index (κ2) is 11.2. The molecular formula is C25H43F2N9O2. The summed E-state index contributed by atoms with van der Waals surface area (Å²) in [7, 11) is 0. The largest absolute Gasteiger partial charge is 0.350 e. The van der Waals surface area contributed by atoms with Gasteiger partial charge in [-0.1, -0.05) is 0 Å². The summed E-state index contributed by atoms with van der Waals surface area (Å²) in [6, 6.07) is -0.365. The van der Waals surface area contributed by atoms with Gasteiger partial charge in [-0.05, 0) is 51.9 Å². The number of fused-ring (bicyclic) bond motifs is 1. The summed E-state index contributed by atoms with van der Waals surface area (Å²) in [4.78, 5) is 33.1. The van der Waals surface area contributed by atoms with Crippen LogP contribution in [0.5, 0.6) is 0 Å². The van der Waals surface area contributed by atoms with Gasteiger partial charge in [-0.3, -0.25) is 24.7 Å². The molecule has 0 bridgehead atoms. The highest BCUT2D eigenvalue weighted by molar-refractivity contribution is 5.81. The van der Waals surface area contributed by atoms with Gasteiger partial charge in [0.1, 0.15) is 12.3 Å². The van der Waals surface area contributed by atoms with Crippen molar-refractivity contribution in [2.75, 3.05) is 65.4 Å². The molecule has 7 unspecified atom stereocenters. The van der Waals surface area contributed by atoms with Gasteiger partial charge in [-0.25, -0.2) is 19.2 Å². The van der Waals surface area contributed by atoms with Gasteiger partial charge < -0.3 is 21.3 Å². The first-order valence-electron chi connectivity index (χ1n) is 14.5. The SMILES string of the molecule is NC1NN2CC(F)CNC2C1C(=O)NC1CNCC(F)C1N1CCC(C(=O)N2CC(N3CCCC3)C2)CC1. The number of piperidine rings is 2. The zero-order valence-electron chi connectivity index (χ0n) is 22.0. The number of hydrogen-bond acceptors (Lipinski definition) is 9. The number of rotatable bonds is 5. The lowest BCUT2D eigenvalue weighted by Crippen LogP contribution is -2.67. The first kappa shape index (κ1) is 26.7. The number of hydrazine groups is 1. The van der Waals surface area contributed by atoms with Crippen molar-refractivity contribution in [1.82, 2.24) is 41.1 Å². The van der Waals surface area contributed by atoms with Crippen molar-refractivity contribution in [3.05, 3.63) is 0 Å². The van der Waals surface area contributed by atoms with Crippen LogP contribution in [-0.4, -0.2) is 140 Å². The minimum Gasteiger partial charge on any atom is -0.350 e. The number of nitrogens with one attached hydrogen (secondary N) is 4. The normalized spacial score (nSPS) is 40.2. The second-order valence-corrected chi connectivity index (χ2v) is 12.0. The van der Waals surface area contributed by atoms with E-state index in [1.807, 2.05) is 4.90 Å². The Kier molecular flexibility index (Phi) is 7.87. The van der Waals surface area contributed by atoms with Crippen LogP contribution < -0.4 is 27.1 Å². The van der Waals surface area contributed by atoms with E-state index in [1.165, 1.54) is 12.8 Å². The lowest BCUT2D eigenvalue weighted by molar-refractivity contribution is -0.144. The van der Waals surface area contributed by atoms with Crippen LogP contribution in [0.25, 0.3) is 0 Å². The fraction of sp³-hybridized carbons (Fsp3) is 0.920. The molecule has 214 valence electrons. The van der Waals surface area contributed by atoms with Crippen molar-refractivity contribution in [2.45, 2.75) is 68.5 Å². The monoisotopic (exact) mass is 539 g/mol. The fourth-order valence-electron chi connectivity index (χ4n) is 7.42. The lowest BCUT2D eigenvalue weighted by atomic mass is 9.89. The summed E-state index contributed by atoms with van der Waals surface area (Å²) in [6.45, 7) is 6.29. The molecule has 0 aromatic rings. The number of carbonyl (C=O) groups excluding carboxylic acids is 2. The molecule has 0 aromatic carbocycles.